The number of nitrogens with zero attached hydrogens (tertiary/aromatic N) is 5. The number of benzene rings is 1. The van der Waals surface area contributed by atoms with Gasteiger partial charge >= 0.3 is 0 Å². The molecule has 1 aromatic carbocycles. The van der Waals surface area contributed by atoms with Gasteiger partial charge in [-0.2, -0.15) is 21.0 Å². The molecule has 0 aromatic heterocycles. The van der Waals surface area contributed by atoms with Crippen LogP contribution < -0.4 is 0 Å². The monoisotopic (exact) mass is 263 g/mol. The molecule has 0 aliphatic heterocycles. The second kappa shape index (κ2) is 4.05. The van der Waals surface area contributed by atoms with Gasteiger partial charge in [-0.05, 0) is 5.56 Å². The Morgan fingerprint density at radius 1 is 0.950 bits per heavy atom. The molecule has 1 aliphatic carbocycles. The maximum Gasteiger partial charge on any atom is 0.269 e. The lowest BCUT2D eigenvalue weighted by atomic mass is 9.98. The summed E-state index contributed by atoms with van der Waals surface area (Å²) in [5, 5.41) is 47.2. The van der Waals surface area contributed by atoms with E-state index in [1.807, 2.05) is 0 Å². The van der Waals surface area contributed by atoms with E-state index in [9.17, 15) is 10.1 Å². The van der Waals surface area contributed by atoms with Crippen LogP contribution in [0.1, 0.15) is 11.5 Å². The van der Waals surface area contributed by atoms with Gasteiger partial charge < -0.3 is 0 Å². The van der Waals surface area contributed by atoms with Crippen LogP contribution in [-0.2, 0) is 0 Å². The van der Waals surface area contributed by atoms with Crippen LogP contribution in [0.4, 0.5) is 5.69 Å². The highest BCUT2D eigenvalue weighted by atomic mass is 16.6. The molecule has 20 heavy (non-hydrogen) atoms. The molecule has 1 saturated carbocycles. The van der Waals surface area contributed by atoms with E-state index in [-0.39, 0.29) is 5.69 Å². The van der Waals surface area contributed by atoms with Gasteiger partial charge in [0.15, 0.2) is 10.8 Å². The van der Waals surface area contributed by atoms with E-state index in [0.717, 1.165) is 0 Å². The molecule has 1 aliphatic rings. The molecule has 0 unspecified atom stereocenters. The molecule has 94 valence electrons. The Bertz CT molecular complexity index is 688. The lowest BCUT2D eigenvalue weighted by molar-refractivity contribution is -0.384. The second-order valence-corrected chi connectivity index (χ2v) is 4.34. The van der Waals surface area contributed by atoms with Gasteiger partial charge in [0, 0.05) is 12.1 Å². The molecule has 2 rings (SSSR count). The number of nitro groups is 1. The summed E-state index contributed by atoms with van der Waals surface area (Å²) in [6.07, 6.45) is 0. The van der Waals surface area contributed by atoms with Crippen molar-refractivity contribution in [1.29, 1.82) is 21.0 Å². The first-order valence-corrected chi connectivity index (χ1v) is 5.42. The van der Waals surface area contributed by atoms with Crippen LogP contribution in [-0.4, -0.2) is 4.92 Å². The Morgan fingerprint density at radius 3 is 1.65 bits per heavy atom. The predicted octanol–water partition coefficient (Wildman–Crippen LogP) is 1.76. The largest absolute Gasteiger partial charge is 0.269 e. The van der Waals surface area contributed by atoms with Gasteiger partial charge in [-0.25, -0.2) is 0 Å². The average Bonchev–Trinajstić information content (AvgIpc) is 3.10. The fourth-order valence-electron chi connectivity index (χ4n) is 2.42. The molecule has 0 heterocycles. The zero-order valence-electron chi connectivity index (χ0n) is 9.94. The van der Waals surface area contributed by atoms with Gasteiger partial charge in [-0.15, -0.1) is 0 Å². The second-order valence-electron chi connectivity index (χ2n) is 4.34. The fraction of sp³-hybridized carbons (Fsp3) is 0.231. The Hall–Kier alpha value is -3.42. The fourth-order valence-corrected chi connectivity index (χ4v) is 2.42. The quantitative estimate of drug-likeness (QED) is 0.588. The third kappa shape index (κ3) is 1.29. The molecule has 1 fully saturated rings. The predicted molar refractivity (Wildman–Crippen MR) is 63.2 cm³/mol. The highest BCUT2D eigenvalue weighted by Crippen LogP contribution is 2.73. The molecule has 0 radical (unpaired) electrons. The highest BCUT2D eigenvalue weighted by molar-refractivity contribution is 5.59. The third-order valence-electron chi connectivity index (χ3n) is 3.55. The molecular weight excluding hydrogens is 258 g/mol. The van der Waals surface area contributed by atoms with E-state index >= 15 is 0 Å². The van der Waals surface area contributed by atoms with Gasteiger partial charge in [-0.1, -0.05) is 12.1 Å². The summed E-state index contributed by atoms with van der Waals surface area (Å²) >= 11 is 0. The Balaban J connectivity index is 2.53. The summed E-state index contributed by atoms with van der Waals surface area (Å²) in [6, 6.07) is 12.1. The van der Waals surface area contributed by atoms with Gasteiger partial charge in [0.05, 0.1) is 35.1 Å². The minimum atomic E-state index is -1.73. The third-order valence-corrected chi connectivity index (χ3v) is 3.55. The van der Waals surface area contributed by atoms with E-state index in [1.165, 1.54) is 24.3 Å². The zero-order valence-corrected chi connectivity index (χ0v) is 9.94. The van der Waals surface area contributed by atoms with Gasteiger partial charge in [0.25, 0.3) is 5.69 Å². The molecule has 0 N–H and O–H groups in total. The maximum absolute atomic E-state index is 10.6. The highest BCUT2D eigenvalue weighted by Gasteiger charge is 2.82. The first-order chi connectivity index (χ1) is 9.52. The van der Waals surface area contributed by atoms with Crippen molar-refractivity contribution >= 4 is 5.69 Å². The summed E-state index contributed by atoms with van der Waals surface area (Å²) in [5.41, 5.74) is -3.21. The first kappa shape index (κ1) is 13.0. The maximum atomic E-state index is 10.6. The van der Waals surface area contributed by atoms with Gasteiger partial charge in [0.2, 0.25) is 0 Å². The number of hydrogen-bond acceptors (Lipinski definition) is 6. The lowest BCUT2D eigenvalue weighted by Gasteiger charge is -1.98. The van der Waals surface area contributed by atoms with Crippen LogP contribution in [0.25, 0.3) is 0 Å². The Kier molecular flexibility index (Phi) is 2.64. The van der Waals surface area contributed by atoms with E-state index < -0.39 is 21.7 Å². The lowest BCUT2D eigenvalue weighted by Crippen LogP contribution is -2.05. The number of nitro benzene ring substituents is 1. The molecule has 0 amide bonds. The van der Waals surface area contributed by atoms with Crippen molar-refractivity contribution in [3.05, 3.63) is 39.9 Å². The van der Waals surface area contributed by atoms with Crippen molar-refractivity contribution in [1.82, 2.24) is 0 Å². The van der Waals surface area contributed by atoms with Crippen LogP contribution >= 0.6 is 0 Å². The minimum Gasteiger partial charge on any atom is -0.258 e. The molecule has 7 nitrogen and oxygen atoms in total. The first-order valence-electron chi connectivity index (χ1n) is 5.42. The topological polar surface area (TPSA) is 138 Å². The summed E-state index contributed by atoms with van der Waals surface area (Å²) in [6.45, 7) is 0. The van der Waals surface area contributed by atoms with Crippen LogP contribution in [0, 0.1) is 66.3 Å². The van der Waals surface area contributed by atoms with E-state index in [1.54, 1.807) is 24.3 Å². The number of rotatable bonds is 2. The van der Waals surface area contributed by atoms with Crippen molar-refractivity contribution in [3.8, 4) is 24.3 Å². The van der Waals surface area contributed by atoms with Crippen molar-refractivity contribution in [2.45, 2.75) is 5.92 Å². The number of hydrogen-bond donors (Lipinski definition) is 0. The van der Waals surface area contributed by atoms with E-state index in [0.29, 0.717) is 5.56 Å². The molecule has 0 atom stereocenters. The van der Waals surface area contributed by atoms with Crippen molar-refractivity contribution in [2.24, 2.45) is 10.8 Å². The SMILES string of the molecule is N#CC1(C#N)C(c2ccc([N+](=O)[O-])cc2)C1(C#N)C#N. The van der Waals surface area contributed by atoms with Gasteiger partial charge in [0.1, 0.15) is 0 Å². The van der Waals surface area contributed by atoms with Crippen LogP contribution in [0.5, 0.6) is 0 Å². The van der Waals surface area contributed by atoms with Gasteiger partial charge in [-0.3, -0.25) is 10.1 Å². The van der Waals surface area contributed by atoms with E-state index in [2.05, 4.69) is 0 Å². The van der Waals surface area contributed by atoms with Crippen LogP contribution in [0.3, 0.4) is 0 Å². The summed E-state index contributed by atoms with van der Waals surface area (Å²) < 4.78 is 0. The smallest absolute Gasteiger partial charge is 0.258 e. The molecular formula is C13H5N5O2. The molecule has 1 aromatic rings. The average molecular weight is 263 g/mol. The summed E-state index contributed by atoms with van der Waals surface area (Å²) in [5.74, 6) is -0.888. The van der Waals surface area contributed by atoms with E-state index in [4.69, 9.17) is 21.0 Å². The summed E-state index contributed by atoms with van der Waals surface area (Å²) in [4.78, 5) is 9.99. The van der Waals surface area contributed by atoms with Crippen molar-refractivity contribution in [2.75, 3.05) is 0 Å². The molecule has 0 spiro atoms. The van der Waals surface area contributed by atoms with Crippen LogP contribution in [0.15, 0.2) is 24.3 Å². The molecule has 0 saturated heterocycles. The number of nitriles is 4. The van der Waals surface area contributed by atoms with Crippen LogP contribution in [0.2, 0.25) is 0 Å². The Morgan fingerprint density at radius 2 is 1.35 bits per heavy atom. The zero-order chi connectivity index (χ0) is 15.0. The standard InChI is InChI=1S/C13H5N5O2/c14-5-12(6-15)11(13(12,7-16)8-17)9-1-3-10(4-2-9)18(19)20/h1-4,11H. The minimum absolute atomic E-state index is 0.145. The summed E-state index contributed by atoms with van der Waals surface area (Å²) in [7, 11) is 0. The Labute approximate surface area is 113 Å². The van der Waals surface area contributed by atoms with Crippen molar-refractivity contribution in [3.63, 3.8) is 0 Å². The molecule has 7 heteroatoms. The molecule has 0 bridgehead atoms. The number of non-ortho nitro benzene ring substituents is 1. The van der Waals surface area contributed by atoms with Crippen molar-refractivity contribution < 1.29 is 4.92 Å². The normalized spacial score (nSPS) is 17.8.